The van der Waals surface area contributed by atoms with Gasteiger partial charge in [-0.3, -0.25) is 0 Å². The molecule has 0 aromatic rings. The van der Waals surface area contributed by atoms with Crippen molar-refractivity contribution in [1.29, 1.82) is 0 Å². The SMILES string of the molecule is C=C(C[C@H](C)C[C@@H]1CC=C[C@@H](CC#C[Si](C)(C)C)O1)C[Si](C)(C)C. The third kappa shape index (κ3) is 10.3. The van der Waals surface area contributed by atoms with E-state index in [1.165, 1.54) is 11.6 Å². The fourth-order valence-corrected chi connectivity index (χ4v) is 5.54. The first-order valence-corrected chi connectivity index (χ1v) is 16.6. The first kappa shape index (κ1) is 21.5. The molecule has 24 heavy (non-hydrogen) atoms. The molecule has 1 rings (SSSR count). The Kier molecular flexibility index (Phi) is 8.25. The van der Waals surface area contributed by atoms with Crippen molar-refractivity contribution in [1.82, 2.24) is 0 Å². The maximum Gasteiger partial charge on any atom is 0.129 e. The predicted molar refractivity (Wildman–Crippen MR) is 114 cm³/mol. The van der Waals surface area contributed by atoms with E-state index in [9.17, 15) is 0 Å². The summed E-state index contributed by atoms with van der Waals surface area (Å²) in [5.74, 6) is 4.00. The summed E-state index contributed by atoms with van der Waals surface area (Å²) >= 11 is 0. The molecule has 1 aliphatic rings. The molecular formula is C21H38OSi2. The van der Waals surface area contributed by atoms with Crippen molar-refractivity contribution in [3.05, 3.63) is 24.3 Å². The van der Waals surface area contributed by atoms with Crippen LogP contribution in [0.5, 0.6) is 0 Å². The van der Waals surface area contributed by atoms with Crippen LogP contribution in [0.15, 0.2) is 24.3 Å². The zero-order chi connectivity index (χ0) is 18.4. The average Bonchev–Trinajstić information content (AvgIpc) is 2.34. The maximum absolute atomic E-state index is 6.26. The van der Waals surface area contributed by atoms with E-state index >= 15 is 0 Å². The lowest BCUT2D eigenvalue weighted by atomic mass is 9.94. The highest BCUT2D eigenvalue weighted by atomic mass is 28.3. The molecule has 0 aromatic carbocycles. The van der Waals surface area contributed by atoms with Gasteiger partial charge in [0, 0.05) is 14.5 Å². The number of hydrogen-bond donors (Lipinski definition) is 0. The summed E-state index contributed by atoms with van der Waals surface area (Å²) in [5.41, 5.74) is 4.88. The van der Waals surface area contributed by atoms with Gasteiger partial charge in [-0.15, -0.1) is 18.0 Å². The minimum atomic E-state index is -1.27. The second-order valence-electron chi connectivity index (χ2n) is 9.75. The van der Waals surface area contributed by atoms with Crippen LogP contribution in [0.1, 0.15) is 32.6 Å². The molecular weight excluding hydrogens is 324 g/mol. The highest BCUT2D eigenvalue weighted by Gasteiger charge is 2.21. The summed E-state index contributed by atoms with van der Waals surface area (Å²) in [6.45, 7) is 20.8. The van der Waals surface area contributed by atoms with Gasteiger partial charge in [0.2, 0.25) is 0 Å². The average molecular weight is 363 g/mol. The molecule has 136 valence electrons. The van der Waals surface area contributed by atoms with Gasteiger partial charge in [0.15, 0.2) is 0 Å². The minimum Gasteiger partial charge on any atom is -0.370 e. The van der Waals surface area contributed by atoms with Gasteiger partial charge in [0.05, 0.1) is 12.2 Å². The zero-order valence-electron chi connectivity index (χ0n) is 17.0. The Morgan fingerprint density at radius 3 is 2.50 bits per heavy atom. The van der Waals surface area contributed by atoms with E-state index < -0.39 is 16.1 Å². The first-order valence-electron chi connectivity index (χ1n) is 9.43. The molecule has 0 fully saturated rings. The van der Waals surface area contributed by atoms with E-state index in [-0.39, 0.29) is 6.10 Å². The third-order valence-corrected chi connectivity index (χ3v) is 6.45. The molecule has 3 heteroatoms. The van der Waals surface area contributed by atoms with Gasteiger partial charge in [-0.1, -0.05) is 63.9 Å². The quantitative estimate of drug-likeness (QED) is 0.294. The largest absolute Gasteiger partial charge is 0.370 e. The molecule has 0 radical (unpaired) electrons. The van der Waals surface area contributed by atoms with E-state index in [1.54, 1.807) is 0 Å². The summed E-state index contributed by atoms with van der Waals surface area (Å²) in [6, 6.07) is 1.25. The second-order valence-corrected chi connectivity index (χ2v) is 20.0. The van der Waals surface area contributed by atoms with Gasteiger partial charge >= 0.3 is 0 Å². The number of ether oxygens (including phenoxy) is 1. The van der Waals surface area contributed by atoms with Crippen LogP contribution in [-0.4, -0.2) is 28.4 Å². The fraction of sp³-hybridized carbons (Fsp3) is 0.714. The normalized spacial score (nSPS) is 22.6. The van der Waals surface area contributed by atoms with Crippen molar-refractivity contribution in [2.75, 3.05) is 0 Å². The van der Waals surface area contributed by atoms with Gasteiger partial charge < -0.3 is 4.74 Å². The molecule has 0 spiro atoms. The molecule has 0 saturated heterocycles. The molecule has 0 aliphatic carbocycles. The lowest BCUT2D eigenvalue weighted by molar-refractivity contribution is -0.00324. The van der Waals surface area contributed by atoms with E-state index in [0.29, 0.717) is 12.0 Å². The molecule has 1 nitrogen and oxygen atoms in total. The topological polar surface area (TPSA) is 9.23 Å². The lowest BCUT2D eigenvalue weighted by Gasteiger charge is -2.28. The number of hydrogen-bond acceptors (Lipinski definition) is 1. The van der Waals surface area contributed by atoms with E-state index in [0.717, 1.165) is 25.7 Å². The van der Waals surface area contributed by atoms with Gasteiger partial charge in [0.1, 0.15) is 8.07 Å². The van der Waals surface area contributed by atoms with Crippen molar-refractivity contribution in [3.8, 4) is 11.5 Å². The van der Waals surface area contributed by atoms with Gasteiger partial charge in [0.25, 0.3) is 0 Å². The maximum atomic E-state index is 6.26. The first-order chi connectivity index (χ1) is 10.9. The Morgan fingerprint density at radius 1 is 1.25 bits per heavy atom. The van der Waals surface area contributed by atoms with E-state index in [4.69, 9.17) is 4.74 Å². The molecule has 0 unspecified atom stereocenters. The van der Waals surface area contributed by atoms with Gasteiger partial charge in [-0.05, 0) is 31.2 Å². The highest BCUT2D eigenvalue weighted by Crippen LogP contribution is 2.26. The van der Waals surface area contributed by atoms with Crippen LogP contribution in [0.25, 0.3) is 0 Å². The highest BCUT2D eigenvalue weighted by molar-refractivity contribution is 6.83. The molecule has 0 bridgehead atoms. The van der Waals surface area contributed by atoms with Gasteiger partial charge in [-0.2, -0.15) is 0 Å². The minimum absolute atomic E-state index is 0.185. The second kappa shape index (κ2) is 9.22. The molecule has 0 saturated carbocycles. The number of rotatable bonds is 7. The summed E-state index contributed by atoms with van der Waals surface area (Å²) in [5, 5.41) is 0. The van der Waals surface area contributed by atoms with Crippen LogP contribution < -0.4 is 0 Å². The number of allylic oxidation sites excluding steroid dienone is 1. The van der Waals surface area contributed by atoms with Crippen LogP contribution in [-0.2, 0) is 4.74 Å². The van der Waals surface area contributed by atoms with Crippen molar-refractivity contribution < 1.29 is 4.74 Å². The molecule has 0 N–H and O–H groups in total. The lowest BCUT2D eigenvalue weighted by Crippen LogP contribution is -2.26. The van der Waals surface area contributed by atoms with Crippen LogP contribution in [0.2, 0.25) is 45.3 Å². The van der Waals surface area contributed by atoms with Gasteiger partial charge in [-0.25, -0.2) is 0 Å². The summed E-state index contributed by atoms with van der Waals surface area (Å²) in [6.07, 6.45) is 9.19. The van der Waals surface area contributed by atoms with Crippen molar-refractivity contribution in [2.45, 2.75) is 90.1 Å². The van der Waals surface area contributed by atoms with Crippen molar-refractivity contribution >= 4 is 16.1 Å². The summed E-state index contributed by atoms with van der Waals surface area (Å²) in [4.78, 5) is 0. The Labute approximate surface area is 153 Å². The third-order valence-electron chi connectivity index (χ3n) is 3.97. The molecule has 1 aliphatic heterocycles. The van der Waals surface area contributed by atoms with Crippen molar-refractivity contribution in [2.24, 2.45) is 5.92 Å². The Hall–Kier alpha value is -0.566. The van der Waals surface area contributed by atoms with Crippen LogP contribution in [0.4, 0.5) is 0 Å². The van der Waals surface area contributed by atoms with E-state index in [1.807, 2.05) is 0 Å². The monoisotopic (exact) mass is 362 g/mol. The Morgan fingerprint density at radius 2 is 1.92 bits per heavy atom. The van der Waals surface area contributed by atoms with Crippen LogP contribution >= 0.6 is 0 Å². The predicted octanol–water partition coefficient (Wildman–Crippen LogP) is 6.28. The summed E-state index contributed by atoms with van der Waals surface area (Å²) in [7, 11) is -2.31. The zero-order valence-corrected chi connectivity index (χ0v) is 19.0. The molecule has 1 heterocycles. The Balaban J connectivity index is 2.42. The summed E-state index contributed by atoms with van der Waals surface area (Å²) < 4.78 is 6.26. The fourth-order valence-electron chi connectivity index (χ4n) is 3.26. The Bertz CT molecular complexity index is 497. The van der Waals surface area contributed by atoms with Crippen LogP contribution in [0, 0.1) is 17.4 Å². The van der Waals surface area contributed by atoms with Crippen molar-refractivity contribution in [3.63, 3.8) is 0 Å². The molecule has 0 aromatic heterocycles. The van der Waals surface area contributed by atoms with Crippen LogP contribution in [0.3, 0.4) is 0 Å². The van der Waals surface area contributed by atoms with E-state index in [2.05, 4.69) is 76.4 Å². The molecule has 0 amide bonds. The standard InChI is InChI=1S/C21H38OSi2/c1-18(15-19(2)17-24(6,7)8)16-21-12-9-11-20(22-21)13-10-14-23(3,4)5/h9,11,18,20-21H,2,12-13,15-17H2,1,3-8H3/t18-,20-,21-/m0/s1. The smallest absolute Gasteiger partial charge is 0.129 e. The molecule has 3 atom stereocenters.